The van der Waals surface area contributed by atoms with Crippen molar-refractivity contribution < 1.29 is 27.1 Å². The quantitative estimate of drug-likeness (QED) is 0.607. The van der Waals surface area contributed by atoms with Crippen molar-refractivity contribution in [1.82, 2.24) is 5.32 Å². The van der Waals surface area contributed by atoms with Gasteiger partial charge < -0.3 is 15.8 Å². The molecule has 0 saturated carbocycles. The van der Waals surface area contributed by atoms with Crippen molar-refractivity contribution in [3.8, 4) is 0 Å². The summed E-state index contributed by atoms with van der Waals surface area (Å²) in [5.41, 5.74) is 5.87. The minimum Gasteiger partial charge on any atom is -0.442 e. The Kier molecular flexibility index (Phi) is 5.59. The average molecular weight is 422 g/mol. The molecule has 2 aromatic carbocycles. The van der Waals surface area contributed by atoms with E-state index in [1.54, 1.807) is 0 Å². The number of ether oxygens (including phenoxy) is 1. The summed E-state index contributed by atoms with van der Waals surface area (Å²) in [6.07, 6.45) is -1.26. The van der Waals surface area contributed by atoms with Crippen molar-refractivity contribution in [2.75, 3.05) is 28.4 Å². The smallest absolute Gasteiger partial charge is 0.414 e. The zero-order chi connectivity index (χ0) is 21.2. The van der Waals surface area contributed by atoms with E-state index in [-0.39, 0.29) is 35.3 Å². The van der Waals surface area contributed by atoms with Crippen LogP contribution in [0.4, 0.5) is 26.2 Å². The molecule has 2 amide bonds. The molecule has 11 heteroatoms. The monoisotopic (exact) mass is 422 g/mol. The van der Waals surface area contributed by atoms with Gasteiger partial charge in [0.25, 0.3) is 10.0 Å². The van der Waals surface area contributed by atoms with Gasteiger partial charge in [0.15, 0.2) is 0 Å². The van der Waals surface area contributed by atoms with Gasteiger partial charge in [-0.1, -0.05) is 0 Å². The van der Waals surface area contributed by atoms with Gasteiger partial charge in [-0.2, -0.15) is 0 Å². The first-order chi connectivity index (χ1) is 13.7. The number of amides is 2. The number of rotatable bonds is 6. The summed E-state index contributed by atoms with van der Waals surface area (Å²) >= 11 is 0. The van der Waals surface area contributed by atoms with Crippen LogP contribution in [0.5, 0.6) is 0 Å². The van der Waals surface area contributed by atoms with Gasteiger partial charge in [-0.3, -0.25) is 14.4 Å². The zero-order valence-electron chi connectivity index (χ0n) is 15.4. The molecule has 0 spiro atoms. The predicted molar refractivity (Wildman–Crippen MR) is 104 cm³/mol. The number of nitrogens with one attached hydrogen (secondary N) is 2. The molecular weight excluding hydrogens is 403 g/mol. The standard InChI is InChI=1S/C18H19FN4O5S/c1-11(24)21-9-14-10-23(18(25)28-14)13-4-7-17(16(19)8-13)22-29(26,27)15-5-2-12(20)3-6-15/h2-8,14,22H,9-10,20H2,1H3,(H,21,24)/t14-/m0/s1. The highest BCUT2D eigenvalue weighted by Gasteiger charge is 2.32. The Labute approximate surface area is 166 Å². The van der Waals surface area contributed by atoms with Crippen LogP contribution in [0.2, 0.25) is 0 Å². The number of sulfonamides is 1. The second-order valence-corrected chi connectivity index (χ2v) is 8.07. The molecule has 1 aliphatic rings. The number of hydrogen-bond acceptors (Lipinski definition) is 6. The summed E-state index contributed by atoms with van der Waals surface area (Å²) in [7, 11) is -4.01. The van der Waals surface area contributed by atoms with Crippen molar-refractivity contribution in [2.24, 2.45) is 0 Å². The summed E-state index contributed by atoms with van der Waals surface area (Å²) in [4.78, 5) is 24.1. The molecule has 1 atom stereocenters. The lowest BCUT2D eigenvalue weighted by Crippen LogP contribution is -2.33. The van der Waals surface area contributed by atoms with Crippen molar-refractivity contribution in [3.63, 3.8) is 0 Å². The van der Waals surface area contributed by atoms with Gasteiger partial charge in [0.05, 0.1) is 29.4 Å². The Balaban J connectivity index is 1.74. The van der Waals surface area contributed by atoms with E-state index in [4.69, 9.17) is 10.5 Å². The number of anilines is 3. The molecule has 4 N–H and O–H groups in total. The number of nitrogens with two attached hydrogens (primary N) is 1. The molecule has 1 aliphatic heterocycles. The molecule has 1 saturated heterocycles. The maximum Gasteiger partial charge on any atom is 0.414 e. The second-order valence-electron chi connectivity index (χ2n) is 6.39. The zero-order valence-corrected chi connectivity index (χ0v) is 16.2. The first-order valence-electron chi connectivity index (χ1n) is 8.56. The Hall–Kier alpha value is -3.34. The Bertz CT molecular complexity index is 1040. The lowest BCUT2D eigenvalue weighted by Gasteiger charge is -2.15. The predicted octanol–water partition coefficient (Wildman–Crippen LogP) is 1.67. The van der Waals surface area contributed by atoms with E-state index < -0.39 is 28.0 Å². The number of nitrogen functional groups attached to an aromatic ring is 1. The normalized spacial score (nSPS) is 16.4. The van der Waals surface area contributed by atoms with Crippen LogP contribution >= 0.6 is 0 Å². The third-order valence-electron chi connectivity index (χ3n) is 4.15. The van der Waals surface area contributed by atoms with Crippen LogP contribution < -0.4 is 20.7 Å². The van der Waals surface area contributed by atoms with E-state index in [1.807, 2.05) is 0 Å². The van der Waals surface area contributed by atoms with Crippen molar-refractivity contribution in [2.45, 2.75) is 17.9 Å². The molecule has 154 valence electrons. The topological polar surface area (TPSA) is 131 Å². The van der Waals surface area contributed by atoms with Crippen LogP contribution in [0.25, 0.3) is 0 Å². The number of hydrogen-bond donors (Lipinski definition) is 3. The van der Waals surface area contributed by atoms with Crippen LogP contribution in [0.3, 0.4) is 0 Å². The molecule has 1 heterocycles. The number of benzene rings is 2. The molecule has 0 radical (unpaired) electrons. The Morgan fingerprint density at radius 1 is 1.28 bits per heavy atom. The molecule has 2 aromatic rings. The first kappa shape index (κ1) is 20.4. The molecule has 0 aliphatic carbocycles. The lowest BCUT2D eigenvalue weighted by atomic mass is 10.2. The van der Waals surface area contributed by atoms with Crippen molar-refractivity contribution in [3.05, 3.63) is 48.3 Å². The second kappa shape index (κ2) is 7.95. The van der Waals surface area contributed by atoms with Gasteiger partial charge in [-0.25, -0.2) is 17.6 Å². The fourth-order valence-electron chi connectivity index (χ4n) is 2.70. The SMILES string of the molecule is CC(=O)NC[C@H]1CN(c2ccc(NS(=O)(=O)c3ccc(N)cc3)c(F)c2)C(=O)O1. The van der Waals surface area contributed by atoms with Gasteiger partial charge in [-0.05, 0) is 42.5 Å². The Morgan fingerprint density at radius 3 is 2.59 bits per heavy atom. The molecule has 0 unspecified atom stereocenters. The van der Waals surface area contributed by atoms with Crippen LogP contribution in [-0.2, 0) is 19.6 Å². The van der Waals surface area contributed by atoms with Crippen molar-refractivity contribution in [1.29, 1.82) is 0 Å². The van der Waals surface area contributed by atoms with Crippen LogP contribution in [-0.4, -0.2) is 39.6 Å². The minimum atomic E-state index is -4.01. The molecule has 29 heavy (non-hydrogen) atoms. The Morgan fingerprint density at radius 2 is 1.97 bits per heavy atom. The minimum absolute atomic E-state index is 0.0703. The van der Waals surface area contributed by atoms with E-state index in [9.17, 15) is 22.4 Å². The lowest BCUT2D eigenvalue weighted by molar-refractivity contribution is -0.119. The summed E-state index contributed by atoms with van der Waals surface area (Å²) < 4.78 is 46.6. The summed E-state index contributed by atoms with van der Waals surface area (Å²) in [5, 5.41) is 2.54. The molecular formula is C18H19FN4O5S. The number of halogens is 1. The highest BCUT2D eigenvalue weighted by molar-refractivity contribution is 7.92. The van der Waals surface area contributed by atoms with Gasteiger partial charge in [0.1, 0.15) is 11.9 Å². The van der Waals surface area contributed by atoms with Gasteiger partial charge >= 0.3 is 6.09 Å². The highest BCUT2D eigenvalue weighted by Crippen LogP contribution is 2.27. The first-order valence-corrected chi connectivity index (χ1v) is 10.0. The van der Waals surface area contributed by atoms with E-state index in [2.05, 4.69) is 10.0 Å². The van der Waals surface area contributed by atoms with Gasteiger partial charge in [0.2, 0.25) is 5.91 Å². The van der Waals surface area contributed by atoms with E-state index >= 15 is 0 Å². The largest absolute Gasteiger partial charge is 0.442 e. The molecule has 0 bridgehead atoms. The number of carbonyl (C=O) groups excluding carboxylic acids is 2. The maximum atomic E-state index is 14.5. The van der Waals surface area contributed by atoms with Gasteiger partial charge in [0, 0.05) is 12.6 Å². The summed E-state index contributed by atoms with van der Waals surface area (Å²) in [5.74, 6) is -1.12. The number of carbonyl (C=O) groups is 2. The van der Waals surface area contributed by atoms with Crippen LogP contribution in [0, 0.1) is 5.82 Å². The molecule has 1 fully saturated rings. The summed E-state index contributed by atoms with van der Waals surface area (Å²) in [6, 6.07) is 9.09. The highest BCUT2D eigenvalue weighted by atomic mass is 32.2. The molecule has 9 nitrogen and oxygen atoms in total. The third kappa shape index (κ3) is 4.74. The van der Waals surface area contributed by atoms with Crippen LogP contribution in [0.1, 0.15) is 6.92 Å². The number of cyclic esters (lactones) is 1. The fourth-order valence-corrected chi connectivity index (χ4v) is 3.77. The van der Waals surface area contributed by atoms with E-state index in [0.29, 0.717) is 5.69 Å². The molecule has 0 aromatic heterocycles. The van der Waals surface area contributed by atoms with E-state index in [0.717, 1.165) is 6.07 Å². The maximum absolute atomic E-state index is 14.5. The number of nitrogens with zero attached hydrogens (tertiary/aromatic N) is 1. The average Bonchev–Trinajstić information content (AvgIpc) is 3.02. The molecule has 3 rings (SSSR count). The van der Waals surface area contributed by atoms with E-state index in [1.165, 1.54) is 48.2 Å². The fraction of sp³-hybridized carbons (Fsp3) is 0.222. The summed E-state index contributed by atoms with van der Waals surface area (Å²) in [6.45, 7) is 1.60. The van der Waals surface area contributed by atoms with Crippen LogP contribution in [0.15, 0.2) is 47.4 Å². The third-order valence-corrected chi connectivity index (χ3v) is 5.53. The van der Waals surface area contributed by atoms with Crippen molar-refractivity contribution >= 4 is 39.1 Å². The van der Waals surface area contributed by atoms with Gasteiger partial charge in [-0.15, -0.1) is 0 Å².